The van der Waals surface area contributed by atoms with Crippen molar-refractivity contribution in [3.05, 3.63) is 60.4 Å². The lowest BCUT2D eigenvalue weighted by molar-refractivity contribution is -0.232. The van der Waals surface area contributed by atoms with Gasteiger partial charge in [0.2, 0.25) is 12.2 Å². The highest BCUT2D eigenvalue weighted by Crippen LogP contribution is 2.35. The Morgan fingerprint density at radius 3 is 2.46 bits per heavy atom. The van der Waals surface area contributed by atoms with Crippen LogP contribution < -0.4 is 5.32 Å². The first-order valence-corrected chi connectivity index (χ1v) is 11.3. The summed E-state index contributed by atoms with van der Waals surface area (Å²) in [6.07, 6.45) is 3.03. The van der Waals surface area contributed by atoms with Crippen LogP contribution >= 0.6 is 0 Å². The van der Waals surface area contributed by atoms with Crippen molar-refractivity contribution >= 4 is 11.9 Å². The molecule has 0 saturated carbocycles. The average molecular weight is 483 g/mol. The number of rotatable bonds is 9. The average Bonchev–Trinajstić information content (AvgIpc) is 3.29. The molecule has 0 spiro atoms. The van der Waals surface area contributed by atoms with Gasteiger partial charge in [-0.05, 0) is 42.8 Å². The van der Waals surface area contributed by atoms with Crippen molar-refractivity contribution in [3.63, 3.8) is 0 Å². The molecule has 3 N–H and O–H groups in total. The van der Waals surface area contributed by atoms with Gasteiger partial charge in [0.15, 0.2) is 5.82 Å². The highest BCUT2D eigenvalue weighted by Gasteiger charge is 2.35. The number of H-pyrrole nitrogens is 1. The molecule has 10 heteroatoms. The molecule has 2 aromatic heterocycles. The van der Waals surface area contributed by atoms with Crippen LogP contribution in [0.25, 0.3) is 22.5 Å². The molecule has 1 fully saturated rings. The molecule has 1 aliphatic heterocycles. The molecule has 0 unspecified atom stereocenters. The lowest BCUT2D eigenvalue weighted by atomic mass is 9.92. The number of carboxylic acids is 1. The van der Waals surface area contributed by atoms with Crippen LogP contribution in [0.5, 0.6) is 0 Å². The minimum absolute atomic E-state index is 0.0386. The maximum Gasteiger partial charge on any atom is 0.303 e. The molecule has 1 saturated heterocycles. The van der Waals surface area contributed by atoms with Gasteiger partial charge in [0.25, 0.3) is 0 Å². The summed E-state index contributed by atoms with van der Waals surface area (Å²) in [5.74, 6) is -0.967. The summed E-state index contributed by atoms with van der Waals surface area (Å²) in [5.41, 5.74) is 2.54. The molecule has 3 aromatic rings. The molecule has 9 nitrogen and oxygen atoms in total. The van der Waals surface area contributed by atoms with Crippen LogP contribution in [-0.4, -0.2) is 51.7 Å². The first kappa shape index (κ1) is 24.5. The van der Waals surface area contributed by atoms with E-state index in [4.69, 9.17) is 19.6 Å². The number of hydrogen-bond donors (Lipinski definition) is 3. The smallest absolute Gasteiger partial charge is 0.303 e. The molecule has 3 heterocycles. The number of nitrogens with zero attached hydrogens (tertiary/aromatic N) is 2. The van der Waals surface area contributed by atoms with Crippen LogP contribution in [0.1, 0.15) is 38.3 Å². The van der Waals surface area contributed by atoms with Gasteiger partial charge in [0.05, 0.1) is 24.6 Å². The Bertz CT molecular complexity index is 1160. The normalized spacial score (nSPS) is 19.9. The van der Waals surface area contributed by atoms with Gasteiger partial charge in [0.1, 0.15) is 5.82 Å². The maximum absolute atomic E-state index is 13.5. The number of imidazole rings is 1. The van der Waals surface area contributed by atoms with E-state index >= 15 is 0 Å². The van der Waals surface area contributed by atoms with Crippen molar-refractivity contribution in [1.82, 2.24) is 20.3 Å². The Balaban J connectivity index is 1.43. The number of hydrogen-bond acceptors (Lipinski definition) is 6. The molecular weight excluding hydrogens is 455 g/mol. The molecule has 184 valence electrons. The third-order valence-corrected chi connectivity index (χ3v) is 5.71. The van der Waals surface area contributed by atoms with Crippen molar-refractivity contribution in [2.75, 3.05) is 19.8 Å². The molecule has 0 radical (unpaired) electrons. The highest BCUT2D eigenvalue weighted by atomic mass is 19.1. The summed E-state index contributed by atoms with van der Waals surface area (Å²) in [5, 5.41) is 11.5. The zero-order valence-electron chi connectivity index (χ0n) is 19.3. The first-order chi connectivity index (χ1) is 16.8. The van der Waals surface area contributed by atoms with E-state index in [1.165, 1.54) is 12.1 Å². The fourth-order valence-electron chi connectivity index (χ4n) is 3.75. The summed E-state index contributed by atoms with van der Waals surface area (Å²) >= 11 is 0. The monoisotopic (exact) mass is 482 g/mol. The number of carboxylic acid groups (broad SMARTS) is 1. The number of aromatic amines is 1. The van der Waals surface area contributed by atoms with Crippen LogP contribution in [0.2, 0.25) is 0 Å². The molecule has 4 rings (SSSR count). The molecule has 35 heavy (non-hydrogen) atoms. The Morgan fingerprint density at radius 2 is 1.80 bits per heavy atom. The number of benzene rings is 1. The fourth-order valence-corrected chi connectivity index (χ4v) is 3.75. The molecule has 1 amide bonds. The standard InChI is InChI=1S/C25H27FN4O5/c1-25(13-28-19(31)3-2-4-20(32)33)14-34-24(35-15-25)23-29-21(16-5-7-18(26)8-6-16)22(30-23)17-9-11-27-12-10-17/h5-12,24H,2-4,13-15H2,1H3,(H,28,31)(H,29,30)(H,32,33). The van der Waals surface area contributed by atoms with Crippen LogP contribution in [0.4, 0.5) is 4.39 Å². The van der Waals surface area contributed by atoms with Crippen LogP contribution in [-0.2, 0) is 19.1 Å². The number of aromatic nitrogens is 3. The van der Waals surface area contributed by atoms with E-state index in [1.54, 1.807) is 24.5 Å². The molecular formula is C25H27FN4O5. The summed E-state index contributed by atoms with van der Waals surface area (Å²) in [4.78, 5) is 34.6. The number of ether oxygens (including phenoxy) is 2. The van der Waals surface area contributed by atoms with E-state index in [9.17, 15) is 14.0 Å². The first-order valence-electron chi connectivity index (χ1n) is 11.3. The second-order valence-electron chi connectivity index (χ2n) is 8.88. The zero-order valence-corrected chi connectivity index (χ0v) is 19.3. The number of pyridine rings is 1. The minimum atomic E-state index is -0.919. The summed E-state index contributed by atoms with van der Waals surface area (Å²) in [6, 6.07) is 9.81. The second-order valence-corrected chi connectivity index (χ2v) is 8.88. The fraction of sp³-hybridized carbons (Fsp3) is 0.360. The quantitative estimate of drug-likeness (QED) is 0.424. The number of halogens is 1. The zero-order chi connectivity index (χ0) is 24.8. The Hall–Kier alpha value is -3.63. The number of carbonyl (C=O) groups excluding carboxylic acids is 1. The van der Waals surface area contributed by atoms with Gasteiger partial charge in [-0.1, -0.05) is 6.92 Å². The van der Waals surface area contributed by atoms with E-state index in [-0.39, 0.29) is 24.6 Å². The summed E-state index contributed by atoms with van der Waals surface area (Å²) in [7, 11) is 0. The van der Waals surface area contributed by atoms with Crippen LogP contribution in [0.15, 0.2) is 48.8 Å². The van der Waals surface area contributed by atoms with Gasteiger partial charge in [-0.25, -0.2) is 9.37 Å². The van der Waals surface area contributed by atoms with E-state index in [0.29, 0.717) is 43.4 Å². The lowest BCUT2D eigenvalue weighted by Crippen LogP contribution is -2.45. The number of nitrogens with one attached hydrogen (secondary N) is 2. The minimum Gasteiger partial charge on any atom is -0.481 e. The second kappa shape index (κ2) is 10.7. The Kier molecular flexibility index (Phi) is 7.52. The van der Waals surface area contributed by atoms with E-state index in [1.807, 2.05) is 19.1 Å². The number of carbonyl (C=O) groups is 2. The molecule has 1 aromatic carbocycles. The number of aliphatic carboxylic acids is 1. The summed E-state index contributed by atoms with van der Waals surface area (Å²) < 4.78 is 25.4. The third-order valence-electron chi connectivity index (χ3n) is 5.71. The molecule has 0 bridgehead atoms. The predicted molar refractivity (Wildman–Crippen MR) is 124 cm³/mol. The van der Waals surface area contributed by atoms with Gasteiger partial charge in [-0.2, -0.15) is 0 Å². The van der Waals surface area contributed by atoms with Crippen molar-refractivity contribution in [2.24, 2.45) is 5.41 Å². The van der Waals surface area contributed by atoms with Gasteiger partial charge in [-0.15, -0.1) is 0 Å². The van der Waals surface area contributed by atoms with Gasteiger partial charge in [0, 0.05) is 48.3 Å². The van der Waals surface area contributed by atoms with E-state index in [2.05, 4.69) is 15.3 Å². The molecule has 1 aliphatic rings. The van der Waals surface area contributed by atoms with E-state index in [0.717, 1.165) is 11.1 Å². The van der Waals surface area contributed by atoms with Gasteiger partial charge in [-0.3, -0.25) is 14.6 Å². The lowest BCUT2D eigenvalue weighted by Gasteiger charge is -2.36. The Morgan fingerprint density at radius 1 is 1.11 bits per heavy atom. The predicted octanol–water partition coefficient (Wildman–Crippen LogP) is 3.70. The van der Waals surface area contributed by atoms with Crippen molar-refractivity contribution in [3.8, 4) is 22.5 Å². The maximum atomic E-state index is 13.5. The van der Waals surface area contributed by atoms with Crippen LogP contribution in [0.3, 0.4) is 0 Å². The highest BCUT2D eigenvalue weighted by molar-refractivity contribution is 5.78. The van der Waals surface area contributed by atoms with Gasteiger partial charge < -0.3 is 24.9 Å². The third kappa shape index (κ3) is 6.28. The van der Waals surface area contributed by atoms with E-state index < -0.39 is 17.7 Å². The van der Waals surface area contributed by atoms with Crippen LogP contribution in [0, 0.1) is 11.2 Å². The van der Waals surface area contributed by atoms with Gasteiger partial charge >= 0.3 is 5.97 Å². The topological polar surface area (TPSA) is 126 Å². The van der Waals surface area contributed by atoms with Crippen molar-refractivity contribution in [1.29, 1.82) is 0 Å². The summed E-state index contributed by atoms with van der Waals surface area (Å²) in [6.45, 7) is 2.93. The number of amides is 1. The largest absolute Gasteiger partial charge is 0.481 e. The Labute approximate surface area is 201 Å². The molecule has 0 aliphatic carbocycles. The van der Waals surface area contributed by atoms with Crippen molar-refractivity contribution in [2.45, 2.75) is 32.5 Å². The SMILES string of the molecule is CC1(CNC(=O)CCCC(=O)O)COC(c2nc(-c3ccncc3)c(-c3ccc(F)cc3)[nH]2)OC1. The molecule has 0 atom stereocenters. The van der Waals surface area contributed by atoms with Crippen molar-refractivity contribution < 1.29 is 28.6 Å².